The topological polar surface area (TPSA) is 85.0 Å². The molecule has 0 radical (unpaired) electrons. The minimum atomic E-state index is -1.34. The molecule has 1 amide bonds. The molecule has 4 rings (SSSR count). The number of oxazole rings is 1. The second-order valence-electron chi connectivity index (χ2n) is 10.1. The normalized spacial score (nSPS) is 20.5. The van der Waals surface area contributed by atoms with Crippen LogP contribution in [0.5, 0.6) is 0 Å². The van der Waals surface area contributed by atoms with Gasteiger partial charge in [0, 0.05) is 32.6 Å². The van der Waals surface area contributed by atoms with Crippen molar-refractivity contribution in [3.8, 4) is 0 Å². The second kappa shape index (κ2) is 12.3. The molecule has 2 aromatic rings. The van der Waals surface area contributed by atoms with Gasteiger partial charge in [-0.05, 0) is 30.1 Å². The molecular weight excluding hydrogens is 454 g/mol. The summed E-state index contributed by atoms with van der Waals surface area (Å²) in [5.41, 5.74) is -0.107. The van der Waals surface area contributed by atoms with Gasteiger partial charge in [-0.25, -0.2) is 9.98 Å². The van der Waals surface area contributed by atoms with Crippen LogP contribution in [-0.4, -0.2) is 47.6 Å². The standard InChI is InChI=1S/C29H37N3O4/c1-32(2)28(34)25-21-35-27(31-25)24(16-9-15-22-11-5-3-6-12-22)19-26(33)29(17-10-18-30-29)36-20-23-13-7-4-8-14-23/h4,7-8,10,13-14,17-18,21-22,24H,3,5-6,9,11-12,15-16,19-20H2,1-2H3. The van der Waals surface area contributed by atoms with Crippen molar-refractivity contribution >= 4 is 17.9 Å². The molecule has 1 aliphatic carbocycles. The predicted molar refractivity (Wildman–Crippen MR) is 139 cm³/mol. The van der Waals surface area contributed by atoms with E-state index in [1.54, 1.807) is 32.5 Å². The van der Waals surface area contributed by atoms with Gasteiger partial charge in [-0.3, -0.25) is 9.59 Å². The van der Waals surface area contributed by atoms with E-state index >= 15 is 0 Å². The van der Waals surface area contributed by atoms with E-state index in [0.29, 0.717) is 5.89 Å². The molecule has 192 valence electrons. The van der Waals surface area contributed by atoms with Crippen LogP contribution in [0.25, 0.3) is 0 Å². The third kappa shape index (κ3) is 6.58. The Morgan fingerprint density at radius 3 is 2.64 bits per heavy atom. The molecule has 2 unspecified atom stereocenters. The van der Waals surface area contributed by atoms with Crippen molar-refractivity contribution in [3.63, 3.8) is 0 Å². The fraction of sp³-hybridized carbons (Fsp3) is 0.517. The molecular formula is C29H37N3O4. The first-order valence-corrected chi connectivity index (χ1v) is 13.1. The van der Waals surface area contributed by atoms with E-state index in [1.807, 2.05) is 30.3 Å². The molecule has 0 bridgehead atoms. The lowest BCUT2D eigenvalue weighted by molar-refractivity contribution is -0.139. The number of hydrogen-bond acceptors (Lipinski definition) is 6. The molecule has 36 heavy (non-hydrogen) atoms. The zero-order valence-corrected chi connectivity index (χ0v) is 21.4. The van der Waals surface area contributed by atoms with E-state index in [9.17, 15) is 9.59 Å². The van der Waals surface area contributed by atoms with Crippen LogP contribution in [0.1, 0.15) is 85.6 Å². The number of aromatic nitrogens is 1. The van der Waals surface area contributed by atoms with Gasteiger partial charge >= 0.3 is 0 Å². The van der Waals surface area contributed by atoms with Crippen molar-refractivity contribution in [3.05, 3.63) is 65.9 Å². The summed E-state index contributed by atoms with van der Waals surface area (Å²) in [5, 5.41) is 0. The highest BCUT2D eigenvalue weighted by atomic mass is 16.5. The van der Waals surface area contributed by atoms with Crippen LogP contribution in [0, 0.1) is 5.92 Å². The third-order valence-electron chi connectivity index (χ3n) is 7.19. The number of carbonyl (C=O) groups is 2. The summed E-state index contributed by atoms with van der Waals surface area (Å²) in [4.78, 5) is 36.4. The van der Waals surface area contributed by atoms with Crippen LogP contribution in [0.4, 0.5) is 0 Å². The highest BCUT2D eigenvalue weighted by Gasteiger charge is 2.40. The summed E-state index contributed by atoms with van der Waals surface area (Å²) in [6.07, 6.45) is 16.1. The summed E-state index contributed by atoms with van der Waals surface area (Å²) in [5.74, 6) is 0.592. The second-order valence-corrected chi connectivity index (χ2v) is 10.1. The fourth-order valence-electron chi connectivity index (χ4n) is 5.08. The average molecular weight is 492 g/mol. The fourth-order valence-corrected chi connectivity index (χ4v) is 5.08. The average Bonchev–Trinajstić information content (AvgIpc) is 3.59. The molecule has 7 nitrogen and oxygen atoms in total. The van der Waals surface area contributed by atoms with Gasteiger partial charge in [-0.2, -0.15) is 0 Å². The van der Waals surface area contributed by atoms with Crippen LogP contribution in [-0.2, 0) is 16.1 Å². The lowest BCUT2D eigenvalue weighted by Crippen LogP contribution is -2.37. The van der Waals surface area contributed by atoms with E-state index in [1.165, 1.54) is 43.3 Å². The highest BCUT2D eigenvalue weighted by Crippen LogP contribution is 2.34. The summed E-state index contributed by atoms with van der Waals surface area (Å²) >= 11 is 0. The number of carbonyl (C=O) groups excluding carboxylic acids is 2. The number of benzene rings is 1. The van der Waals surface area contributed by atoms with Gasteiger partial charge in [0.15, 0.2) is 17.4 Å². The molecule has 2 heterocycles. The Kier molecular flexibility index (Phi) is 8.86. The molecule has 0 spiro atoms. The molecule has 0 N–H and O–H groups in total. The Morgan fingerprint density at radius 1 is 1.17 bits per heavy atom. The van der Waals surface area contributed by atoms with Crippen molar-refractivity contribution in [1.29, 1.82) is 0 Å². The number of allylic oxidation sites excluding steroid dienone is 1. The maximum atomic E-state index is 13.7. The van der Waals surface area contributed by atoms with Gasteiger partial charge in [0.05, 0.1) is 6.61 Å². The first-order chi connectivity index (χ1) is 17.5. The lowest BCUT2D eigenvalue weighted by atomic mass is 9.84. The number of amides is 1. The minimum Gasteiger partial charge on any atom is -0.448 e. The van der Waals surface area contributed by atoms with E-state index in [0.717, 1.165) is 30.7 Å². The number of ketones is 1. The summed E-state index contributed by atoms with van der Waals surface area (Å²) in [6, 6.07) is 9.76. The van der Waals surface area contributed by atoms with Crippen molar-refractivity contribution < 1.29 is 18.7 Å². The van der Waals surface area contributed by atoms with Crippen molar-refractivity contribution in [1.82, 2.24) is 9.88 Å². The zero-order chi connectivity index (χ0) is 25.4. The van der Waals surface area contributed by atoms with E-state index in [2.05, 4.69) is 9.98 Å². The van der Waals surface area contributed by atoms with Crippen molar-refractivity contribution in [2.24, 2.45) is 10.9 Å². The summed E-state index contributed by atoms with van der Waals surface area (Å²) in [7, 11) is 3.36. The maximum absolute atomic E-state index is 13.7. The van der Waals surface area contributed by atoms with Gasteiger partial charge in [0.25, 0.3) is 5.91 Å². The van der Waals surface area contributed by atoms with Gasteiger partial charge in [-0.15, -0.1) is 0 Å². The number of Topliss-reactive ketones (excluding diaryl/α,β-unsaturated/α-hetero) is 1. The molecule has 1 aliphatic heterocycles. The zero-order valence-electron chi connectivity index (χ0n) is 21.4. The van der Waals surface area contributed by atoms with Crippen LogP contribution >= 0.6 is 0 Å². The number of aliphatic imine (C=N–C) groups is 1. The van der Waals surface area contributed by atoms with Crippen LogP contribution in [0.3, 0.4) is 0 Å². The highest BCUT2D eigenvalue weighted by molar-refractivity contribution is 5.95. The summed E-state index contributed by atoms with van der Waals surface area (Å²) < 4.78 is 11.9. The SMILES string of the molecule is CN(C)C(=O)c1coc(C(CCCC2CCCCC2)CC(=O)C2(OCc3ccccc3)C=CC=N2)n1. The predicted octanol–water partition coefficient (Wildman–Crippen LogP) is 5.72. The van der Waals surface area contributed by atoms with E-state index in [4.69, 9.17) is 9.15 Å². The minimum absolute atomic E-state index is 0.134. The van der Waals surface area contributed by atoms with Crippen LogP contribution < -0.4 is 0 Å². The van der Waals surface area contributed by atoms with Gasteiger partial charge in [0.2, 0.25) is 5.72 Å². The van der Waals surface area contributed by atoms with Crippen molar-refractivity contribution in [2.45, 2.75) is 76.0 Å². The largest absolute Gasteiger partial charge is 0.448 e. The van der Waals surface area contributed by atoms with Crippen LogP contribution in [0.2, 0.25) is 0 Å². The molecule has 1 aromatic carbocycles. The van der Waals surface area contributed by atoms with Gasteiger partial charge < -0.3 is 14.1 Å². The molecule has 7 heteroatoms. The van der Waals surface area contributed by atoms with Crippen molar-refractivity contribution in [2.75, 3.05) is 14.1 Å². The first kappa shape index (κ1) is 26.0. The Balaban J connectivity index is 1.47. The smallest absolute Gasteiger partial charge is 0.275 e. The Hall–Kier alpha value is -3.06. The molecule has 2 atom stereocenters. The molecule has 1 saturated carbocycles. The third-order valence-corrected chi connectivity index (χ3v) is 7.19. The van der Waals surface area contributed by atoms with Gasteiger partial charge in [0.1, 0.15) is 6.26 Å². The maximum Gasteiger partial charge on any atom is 0.275 e. The molecule has 1 fully saturated rings. The Labute approximate surface area is 213 Å². The number of ether oxygens (including phenoxy) is 1. The number of rotatable bonds is 12. The molecule has 2 aliphatic rings. The number of nitrogens with zero attached hydrogens (tertiary/aromatic N) is 3. The quantitative estimate of drug-likeness (QED) is 0.379. The molecule has 1 aromatic heterocycles. The lowest BCUT2D eigenvalue weighted by Gasteiger charge is -2.26. The Morgan fingerprint density at radius 2 is 1.94 bits per heavy atom. The van der Waals surface area contributed by atoms with E-state index in [-0.39, 0.29) is 36.3 Å². The van der Waals surface area contributed by atoms with E-state index < -0.39 is 5.72 Å². The first-order valence-electron chi connectivity index (χ1n) is 13.1. The molecule has 0 saturated heterocycles. The monoisotopic (exact) mass is 491 g/mol. The summed E-state index contributed by atoms with van der Waals surface area (Å²) in [6.45, 7) is 0.279. The van der Waals surface area contributed by atoms with Gasteiger partial charge in [-0.1, -0.05) is 75.3 Å². The van der Waals surface area contributed by atoms with Crippen LogP contribution in [0.15, 0.2) is 58.2 Å². The number of hydrogen-bond donors (Lipinski definition) is 0. The Bertz CT molecular complexity index is 1060.